The highest BCUT2D eigenvalue weighted by atomic mass is 32.2. The van der Waals surface area contributed by atoms with Gasteiger partial charge in [-0.15, -0.1) is 0 Å². The Balaban J connectivity index is 1.27. The summed E-state index contributed by atoms with van der Waals surface area (Å²) in [5.74, 6) is 0.544. The minimum Gasteiger partial charge on any atom is -0.385 e. The van der Waals surface area contributed by atoms with Crippen LogP contribution in [-0.4, -0.2) is 62.1 Å². The molecule has 6 atom stereocenters. The van der Waals surface area contributed by atoms with Crippen molar-refractivity contribution in [1.82, 2.24) is 19.5 Å². The third-order valence-corrected chi connectivity index (χ3v) is 6.90. The first kappa shape index (κ1) is 20.0. The van der Waals surface area contributed by atoms with Crippen LogP contribution in [0.15, 0.2) is 36.9 Å². The molecular weight excluding hydrogens is 440 g/mol. The number of aromatic nitrogens is 4. The van der Waals surface area contributed by atoms with Crippen molar-refractivity contribution in [2.45, 2.75) is 49.0 Å². The second-order valence-corrected chi connectivity index (χ2v) is 9.45. The van der Waals surface area contributed by atoms with Crippen LogP contribution in [0.5, 0.6) is 0 Å². The fraction of sp³-hybridized carbons (Fsp3) is 0.421. The monoisotopic (exact) mass is 460 g/mol. The van der Waals surface area contributed by atoms with E-state index in [1.807, 2.05) is 12.1 Å². The van der Waals surface area contributed by atoms with Crippen molar-refractivity contribution >= 4 is 27.3 Å². The maximum Gasteiger partial charge on any atom is 0.333 e. The minimum absolute atomic E-state index is 0.0900. The van der Waals surface area contributed by atoms with E-state index in [2.05, 4.69) is 36.6 Å². The molecule has 3 heterocycles. The third-order valence-electron chi connectivity index (χ3n) is 6.42. The summed E-state index contributed by atoms with van der Waals surface area (Å²) >= 11 is 0. The summed E-state index contributed by atoms with van der Waals surface area (Å²) in [6, 6.07) is 8.32. The molecule has 0 bridgehead atoms. The number of hydrogen-bond donors (Lipinski definition) is 4. The molecule has 13 heteroatoms. The largest absolute Gasteiger partial charge is 0.385 e. The summed E-state index contributed by atoms with van der Waals surface area (Å²) < 4.78 is 34.1. The molecule has 1 aliphatic heterocycles. The second kappa shape index (κ2) is 6.66. The minimum atomic E-state index is -4.31. The first-order valence-electron chi connectivity index (χ1n) is 10.1. The number of aliphatic hydroxyl groups is 2. The molecule has 0 spiro atoms. The van der Waals surface area contributed by atoms with Crippen LogP contribution in [-0.2, 0) is 25.6 Å². The van der Waals surface area contributed by atoms with E-state index < -0.39 is 40.4 Å². The van der Waals surface area contributed by atoms with Gasteiger partial charge in [0.05, 0.1) is 12.4 Å². The lowest BCUT2D eigenvalue weighted by atomic mass is 10.1. The normalized spacial score (nSPS) is 33.3. The average molecular weight is 460 g/mol. The average Bonchev–Trinajstić information content (AvgIpc) is 3.17. The molecule has 6 rings (SSSR count). The smallest absolute Gasteiger partial charge is 0.333 e. The molecule has 0 amide bonds. The number of aryl methyl sites for hydroxylation is 1. The summed E-state index contributed by atoms with van der Waals surface area (Å²) in [6.07, 6.45) is -0.121. The van der Waals surface area contributed by atoms with Crippen LogP contribution in [0.2, 0.25) is 0 Å². The van der Waals surface area contributed by atoms with E-state index in [1.165, 1.54) is 28.3 Å². The van der Waals surface area contributed by atoms with E-state index in [9.17, 15) is 18.6 Å². The summed E-state index contributed by atoms with van der Waals surface area (Å²) in [5, 5.41) is 29.6. The van der Waals surface area contributed by atoms with E-state index in [4.69, 9.17) is 9.88 Å². The Labute approximate surface area is 182 Å². The molecule has 12 nitrogen and oxygen atoms in total. The Bertz CT molecular complexity index is 1330. The molecule has 3 aromatic rings. The zero-order valence-corrected chi connectivity index (χ0v) is 17.4. The maximum absolute atomic E-state index is 11.2. The highest BCUT2D eigenvalue weighted by Gasteiger charge is 2.79. The molecule has 5 N–H and O–H groups in total. The molecule has 1 saturated heterocycles. The summed E-state index contributed by atoms with van der Waals surface area (Å²) in [4.78, 5) is 13.0. The van der Waals surface area contributed by atoms with Crippen LogP contribution in [0.1, 0.15) is 29.8 Å². The van der Waals surface area contributed by atoms with Crippen molar-refractivity contribution in [1.29, 1.82) is 0 Å². The second-order valence-electron chi connectivity index (χ2n) is 8.27. The van der Waals surface area contributed by atoms with Gasteiger partial charge < -0.3 is 20.3 Å². The quantitative estimate of drug-likeness (QED) is 0.389. The Morgan fingerprint density at radius 1 is 1.28 bits per heavy atom. The van der Waals surface area contributed by atoms with Gasteiger partial charge >= 0.3 is 10.3 Å². The fourth-order valence-electron chi connectivity index (χ4n) is 4.81. The Morgan fingerprint density at radius 2 is 2.09 bits per heavy atom. The molecule has 2 aliphatic carbocycles. The topological polar surface area (TPSA) is 175 Å². The van der Waals surface area contributed by atoms with Gasteiger partial charge in [-0.1, -0.05) is 24.3 Å². The van der Waals surface area contributed by atoms with Crippen LogP contribution in [0, 0.1) is 0 Å². The Morgan fingerprint density at radius 3 is 2.84 bits per heavy atom. The van der Waals surface area contributed by atoms with Gasteiger partial charge in [-0.05, 0) is 24.0 Å². The van der Waals surface area contributed by atoms with Crippen LogP contribution in [0.3, 0.4) is 0 Å². The van der Waals surface area contributed by atoms with Gasteiger partial charge in [0.2, 0.25) is 0 Å². The van der Waals surface area contributed by atoms with Gasteiger partial charge in [0.25, 0.3) is 0 Å². The fourth-order valence-corrected chi connectivity index (χ4v) is 5.35. The predicted octanol–water partition coefficient (Wildman–Crippen LogP) is -0.483. The number of aliphatic hydroxyl groups excluding tert-OH is 1. The molecule has 1 aromatic carbocycles. The summed E-state index contributed by atoms with van der Waals surface area (Å²) in [7, 11) is -4.31. The lowest BCUT2D eigenvalue weighted by molar-refractivity contribution is -0.0888. The SMILES string of the molecule is NS(=O)(=O)OC1[C@H]2O[C@@H](n3cnc4c(N[C@H]5CCc6ccccc65)ncnc43)[C@H](O)[C@@]12O. The Hall–Kier alpha value is -2.68. The zero-order chi connectivity index (χ0) is 22.3. The Kier molecular flexibility index (Phi) is 4.16. The van der Waals surface area contributed by atoms with Crippen LogP contribution in [0.4, 0.5) is 5.82 Å². The van der Waals surface area contributed by atoms with Crippen LogP contribution >= 0.6 is 0 Å². The van der Waals surface area contributed by atoms with E-state index in [-0.39, 0.29) is 6.04 Å². The maximum atomic E-state index is 11.2. The summed E-state index contributed by atoms with van der Waals surface area (Å²) in [5.41, 5.74) is 1.50. The van der Waals surface area contributed by atoms with Gasteiger partial charge in [-0.2, -0.15) is 8.42 Å². The van der Waals surface area contributed by atoms with Crippen LogP contribution in [0.25, 0.3) is 11.2 Å². The molecule has 2 fully saturated rings. The van der Waals surface area contributed by atoms with Crippen molar-refractivity contribution in [3.05, 3.63) is 48.0 Å². The highest BCUT2D eigenvalue weighted by molar-refractivity contribution is 7.84. The number of nitrogens with zero attached hydrogens (tertiary/aromatic N) is 4. The van der Waals surface area contributed by atoms with Crippen molar-refractivity contribution in [3.63, 3.8) is 0 Å². The van der Waals surface area contributed by atoms with Crippen molar-refractivity contribution < 1.29 is 27.6 Å². The van der Waals surface area contributed by atoms with E-state index >= 15 is 0 Å². The van der Waals surface area contributed by atoms with Gasteiger partial charge in [-0.3, -0.25) is 4.57 Å². The molecule has 3 aliphatic rings. The predicted molar refractivity (Wildman–Crippen MR) is 109 cm³/mol. The highest BCUT2D eigenvalue weighted by Crippen LogP contribution is 2.55. The van der Waals surface area contributed by atoms with E-state index in [1.54, 1.807) is 0 Å². The van der Waals surface area contributed by atoms with Gasteiger partial charge in [-0.25, -0.2) is 24.3 Å². The van der Waals surface area contributed by atoms with Crippen molar-refractivity contribution in [2.24, 2.45) is 5.14 Å². The zero-order valence-electron chi connectivity index (χ0n) is 16.6. The van der Waals surface area contributed by atoms with Crippen molar-refractivity contribution in [3.8, 4) is 0 Å². The van der Waals surface area contributed by atoms with Gasteiger partial charge in [0, 0.05) is 0 Å². The number of hydrogen-bond acceptors (Lipinski definition) is 10. The number of ether oxygens (including phenoxy) is 1. The lowest BCUT2D eigenvalue weighted by Gasteiger charge is -2.23. The van der Waals surface area contributed by atoms with Crippen LogP contribution < -0.4 is 10.5 Å². The van der Waals surface area contributed by atoms with Gasteiger partial charge in [0.15, 0.2) is 28.8 Å². The lowest BCUT2D eigenvalue weighted by Crippen LogP contribution is -2.38. The van der Waals surface area contributed by atoms with E-state index in [0.717, 1.165) is 12.8 Å². The number of benzene rings is 1. The number of imidazole rings is 1. The number of fused-ring (bicyclic) bond motifs is 3. The van der Waals surface area contributed by atoms with E-state index in [0.29, 0.717) is 17.0 Å². The van der Waals surface area contributed by atoms with Gasteiger partial charge in [0.1, 0.15) is 24.6 Å². The molecule has 0 radical (unpaired) electrons. The molecule has 1 saturated carbocycles. The molecule has 32 heavy (non-hydrogen) atoms. The number of rotatable bonds is 5. The first-order valence-corrected chi connectivity index (χ1v) is 11.5. The first-order chi connectivity index (χ1) is 15.3. The number of nitrogens with two attached hydrogens (primary N) is 1. The molecule has 168 valence electrons. The third kappa shape index (κ3) is 2.86. The standard InChI is InChI=1S/C19H20N6O6S/c20-32(28,29)31-15-14-19(15,27)13(26)18(30-14)25-8-23-12-16(21-7-22-17(12)25)24-11-6-5-9-3-1-2-4-10(9)11/h1-4,7-8,11,13-15,18,26-27H,5-6H2,(H2,20,28,29)(H,21,22,24)/t11-,13-,14+,15?,18+,19-/m0/s1. The molecule has 1 unspecified atom stereocenters. The van der Waals surface area contributed by atoms with Crippen molar-refractivity contribution in [2.75, 3.05) is 5.32 Å². The molecular formula is C19H20N6O6S. The number of nitrogens with one attached hydrogen (secondary N) is 1. The molecule has 2 aromatic heterocycles. The number of anilines is 1. The summed E-state index contributed by atoms with van der Waals surface area (Å²) in [6.45, 7) is 0.